The predicted molar refractivity (Wildman–Crippen MR) is 93.9 cm³/mol. The summed E-state index contributed by atoms with van der Waals surface area (Å²) in [6, 6.07) is 15.8. The number of benzene rings is 2. The van der Waals surface area contributed by atoms with Crippen LogP contribution in [0.3, 0.4) is 0 Å². The van der Waals surface area contributed by atoms with E-state index in [1.165, 1.54) is 0 Å². The third kappa shape index (κ3) is 5.01. The largest absolute Gasteiger partial charge is 0.497 e. The fourth-order valence-electron chi connectivity index (χ4n) is 2.22. The van der Waals surface area contributed by atoms with E-state index in [1.807, 2.05) is 72.8 Å². The second-order valence-electron chi connectivity index (χ2n) is 4.95. The Morgan fingerprint density at radius 1 is 0.826 bits per heavy atom. The molecule has 0 saturated carbocycles. The van der Waals surface area contributed by atoms with Crippen molar-refractivity contribution >= 4 is 6.08 Å². The summed E-state index contributed by atoms with van der Waals surface area (Å²) >= 11 is 0. The highest BCUT2D eigenvalue weighted by atomic mass is 16.5. The second-order valence-corrected chi connectivity index (χ2v) is 4.95. The van der Waals surface area contributed by atoms with Crippen molar-refractivity contribution in [2.75, 3.05) is 21.3 Å². The van der Waals surface area contributed by atoms with Crippen LogP contribution >= 0.6 is 0 Å². The summed E-state index contributed by atoms with van der Waals surface area (Å²) in [5.41, 5.74) is 2.14. The molecule has 0 radical (unpaired) electrons. The Hall–Kier alpha value is -2.52. The molecule has 0 aliphatic rings. The van der Waals surface area contributed by atoms with Gasteiger partial charge in [0.15, 0.2) is 0 Å². The van der Waals surface area contributed by atoms with Gasteiger partial charge in [0.2, 0.25) is 0 Å². The molecule has 0 bridgehead atoms. The zero-order valence-corrected chi connectivity index (χ0v) is 13.7. The zero-order valence-electron chi connectivity index (χ0n) is 13.7. The molecule has 0 aliphatic heterocycles. The minimum atomic E-state index is -0.111. The Morgan fingerprint density at radius 3 is 2.22 bits per heavy atom. The molecule has 2 aromatic carbocycles. The third-order valence-electron chi connectivity index (χ3n) is 3.46. The van der Waals surface area contributed by atoms with Gasteiger partial charge in [-0.15, -0.1) is 0 Å². The molecule has 3 heteroatoms. The van der Waals surface area contributed by atoms with Gasteiger partial charge in [0.25, 0.3) is 0 Å². The Balaban J connectivity index is 2.05. The van der Waals surface area contributed by atoms with Crippen LogP contribution in [0.1, 0.15) is 17.2 Å². The van der Waals surface area contributed by atoms with Crippen molar-refractivity contribution in [1.82, 2.24) is 0 Å². The van der Waals surface area contributed by atoms with E-state index in [1.54, 1.807) is 21.3 Å². The minimum absolute atomic E-state index is 0.111. The molecule has 1 unspecified atom stereocenters. The van der Waals surface area contributed by atoms with Gasteiger partial charge in [-0.3, -0.25) is 0 Å². The molecule has 2 rings (SSSR count). The minimum Gasteiger partial charge on any atom is -0.497 e. The van der Waals surface area contributed by atoms with Gasteiger partial charge in [-0.05, 0) is 35.4 Å². The maximum atomic E-state index is 5.53. The predicted octanol–water partition coefficient (Wildman–Crippen LogP) is 4.66. The fraction of sp³-hybridized carbons (Fsp3) is 0.200. The van der Waals surface area contributed by atoms with Crippen molar-refractivity contribution in [2.24, 2.45) is 0 Å². The van der Waals surface area contributed by atoms with Crippen LogP contribution < -0.4 is 9.47 Å². The summed E-state index contributed by atoms with van der Waals surface area (Å²) < 4.78 is 16.0. The third-order valence-corrected chi connectivity index (χ3v) is 3.46. The van der Waals surface area contributed by atoms with E-state index in [-0.39, 0.29) is 6.10 Å². The summed E-state index contributed by atoms with van der Waals surface area (Å²) in [4.78, 5) is 0. The van der Waals surface area contributed by atoms with E-state index in [0.717, 1.165) is 22.6 Å². The van der Waals surface area contributed by atoms with Crippen LogP contribution in [-0.2, 0) is 4.74 Å². The maximum Gasteiger partial charge on any atom is 0.119 e. The molecular formula is C20H22O3. The molecule has 3 nitrogen and oxygen atoms in total. The Kier molecular flexibility index (Phi) is 6.45. The topological polar surface area (TPSA) is 27.7 Å². The molecule has 0 saturated heterocycles. The van der Waals surface area contributed by atoms with Crippen LogP contribution in [-0.4, -0.2) is 21.3 Å². The standard InChI is InChI=1S/C20H22O3/c1-21-18-11-6-9-16(14-18)8-4-5-13-20(23-3)17-10-7-12-19(15-17)22-2/h4-15,20H,1-3H3/b8-4+,13-5+. The van der Waals surface area contributed by atoms with E-state index in [9.17, 15) is 0 Å². The van der Waals surface area contributed by atoms with Crippen LogP contribution in [0.4, 0.5) is 0 Å². The van der Waals surface area contributed by atoms with Crippen molar-refractivity contribution in [1.29, 1.82) is 0 Å². The van der Waals surface area contributed by atoms with E-state index < -0.39 is 0 Å². The van der Waals surface area contributed by atoms with Crippen molar-refractivity contribution < 1.29 is 14.2 Å². The van der Waals surface area contributed by atoms with Gasteiger partial charge in [-0.2, -0.15) is 0 Å². The van der Waals surface area contributed by atoms with E-state index in [2.05, 4.69) is 0 Å². The number of ether oxygens (including phenoxy) is 3. The van der Waals surface area contributed by atoms with Crippen molar-refractivity contribution in [2.45, 2.75) is 6.10 Å². The van der Waals surface area contributed by atoms with Crippen LogP contribution in [0, 0.1) is 0 Å². The van der Waals surface area contributed by atoms with Crippen molar-refractivity contribution in [3.63, 3.8) is 0 Å². The fourth-order valence-corrected chi connectivity index (χ4v) is 2.22. The summed E-state index contributed by atoms with van der Waals surface area (Å²) in [5.74, 6) is 1.67. The lowest BCUT2D eigenvalue weighted by Gasteiger charge is -2.12. The van der Waals surface area contributed by atoms with Gasteiger partial charge in [0, 0.05) is 7.11 Å². The van der Waals surface area contributed by atoms with Gasteiger partial charge >= 0.3 is 0 Å². The number of methoxy groups -OCH3 is 3. The number of rotatable bonds is 7. The van der Waals surface area contributed by atoms with Gasteiger partial charge in [-0.1, -0.05) is 48.6 Å². The molecule has 0 heterocycles. The average Bonchev–Trinajstić information content (AvgIpc) is 2.62. The lowest BCUT2D eigenvalue weighted by atomic mass is 10.1. The number of allylic oxidation sites excluding steroid dienone is 2. The lowest BCUT2D eigenvalue weighted by molar-refractivity contribution is 0.142. The van der Waals surface area contributed by atoms with Gasteiger partial charge in [-0.25, -0.2) is 0 Å². The Bertz CT molecular complexity index is 674. The van der Waals surface area contributed by atoms with Crippen LogP contribution in [0.5, 0.6) is 11.5 Å². The van der Waals surface area contributed by atoms with Gasteiger partial charge in [0.05, 0.1) is 14.2 Å². The molecule has 23 heavy (non-hydrogen) atoms. The van der Waals surface area contributed by atoms with Gasteiger partial charge in [0.1, 0.15) is 17.6 Å². The summed E-state index contributed by atoms with van der Waals surface area (Å²) in [6.07, 6.45) is 7.89. The monoisotopic (exact) mass is 310 g/mol. The summed E-state index contributed by atoms with van der Waals surface area (Å²) in [7, 11) is 5.02. The van der Waals surface area contributed by atoms with Gasteiger partial charge < -0.3 is 14.2 Å². The summed E-state index contributed by atoms with van der Waals surface area (Å²) in [6.45, 7) is 0. The molecule has 0 fully saturated rings. The van der Waals surface area contributed by atoms with Crippen LogP contribution in [0.15, 0.2) is 66.8 Å². The second kappa shape index (κ2) is 8.81. The molecule has 0 aromatic heterocycles. The van der Waals surface area contributed by atoms with Crippen molar-refractivity contribution in [3.05, 3.63) is 77.9 Å². The molecular weight excluding hydrogens is 288 g/mol. The Labute approximate surface area is 137 Å². The molecule has 0 spiro atoms. The molecule has 0 N–H and O–H groups in total. The molecule has 0 aliphatic carbocycles. The SMILES string of the molecule is COc1cccc(/C=C/C=C/C(OC)c2cccc(OC)c2)c1. The highest BCUT2D eigenvalue weighted by Gasteiger charge is 2.06. The normalized spacial score (nSPS) is 12.7. The smallest absolute Gasteiger partial charge is 0.119 e. The number of hydrogen-bond acceptors (Lipinski definition) is 3. The molecule has 2 aromatic rings. The maximum absolute atomic E-state index is 5.53. The first-order valence-electron chi connectivity index (χ1n) is 7.42. The molecule has 1 atom stereocenters. The number of hydrogen-bond donors (Lipinski definition) is 0. The van der Waals surface area contributed by atoms with Crippen LogP contribution in [0.25, 0.3) is 6.08 Å². The lowest BCUT2D eigenvalue weighted by Crippen LogP contribution is -1.98. The molecule has 120 valence electrons. The van der Waals surface area contributed by atoms with Crippen LogP contribution in [0.2, 0.25) is 0 Å². The van der Waals surface area contributed by atoms with E-state index in [4.69, 9.17) is 14.2 Å². The highest BCUT2D eigenvalue weighted by Crippen LogP contribution is 2.22. The zero-order chi connectivity index (χ0) is 16.5. The Morgan fingerprint density at radius 2 is 1.52 bits per heavy atom. The molecule has 0 amide bonds. The first-order valence-corrected chi connectivity index (χ1v) is 7.42. The first kappa shape index (κ1) is 16.8. The first-order chi connectivity index (χ1) is 11.3. The highest BCUT2D eigenvalue weighted by molar-refractivity contribution is 5.53. The van der Waals surface area contributed by atoms with Crippen molar-refractivity contribution in [3.8, 4) is 11.5 Å². The van der Waals surface area contributed by atoms with E-state index >= 15 is 0 Å². The van der Waals surface area contributed by atoms with E-state index in [0.29, 0.717) is 0 Å². The summed E-state index contributed by atoms with van der Waals surface area (Å²) in [5, 5.41) is 0. The average molecular weight is 310 g/mol. The quantitative estimate of drug-likeness (QED) is 0.696.